The number of hydrogen-bond acceptors (Lipinski definition) is 7. The second-order valence-electron chi connectivity index (χ2n) is 11.0. The van der Waals surface area contributed by atoms with E-state index in [4.69, 9.17) is 0 Å². The minimum Gasteiger partial charge on any atom is -0.352 e. The molecule has 0 atom stereocenters. The molecule has 0 saturated heterocycles. The Morgan fingerprint density at radius 2 is 1.64 bits per heavy atom. The molecule has 3 aliphatic carbocycles. The fraction of sp³-hybridized carbons (Fsp3) is 0.630. The van der Waals surface area contributed by atoms with Crippen LogP contribution in [0.25, 0.3) is 5.65 Å². The van der Waals surface area contributed by atoms with Crippen molar-refractivity contribution in [3.05, 3.63) is 41.1 Å². The molecular weight excluding hydrogens is 565 g/mol. The van der Waals surface area contributed by atoms with Gasteiger partial charge < -0.3 is 10.6 Å². The number of imidazole rings is 1. The van der Waals surface area contributed by atoms with Crippen LogP contribution in [0.4, 0.5) is 22.0 Å². The van der Waals surface area contributed by atoms with Gasteiger partial charge in [-0.25, -0.2) is 22.9 Å². The molecule has 3 saturated carbocycles. The van der Waals surface area contributed by atoms with E-state index in [1.165, 1.54) is 30.0 Å². The molecule has 2 amide bonds. The molecule has 0 unspecified atom stereocenters. The Bertz CT molecular complexity index is 1350. The zero-order valence-corrected chi connectivity index (χ0v) is 23.3. The predicted octanol–water partition coefficient (Wildman–Crippen LogP) is 5.46. The summed E-state index contributed by atoms with van der Waals surface area (Å²) in [5.74, 6) is -3.43. The van der Waals surface area contributed by atoms with Crippen molar-refractivity contribution in [2.45, 2.75) is 103 Å². The summed E-state index contributed by atoms with van der Waals surface area (Å²) in [5, 5.41) is 16.4. The van der Waals surface area contributed by atoms with Crippen LogP contribution in [0.2, 0.25) is 0 Å². The summed E-state index contributed by atoms with van der Waals surface area (Å²) < 4.78 is 69.3. The van der Waals surface area contributed by atoms with E-state index in [1.54, 1.807) is 19.2 Å². The zero-order chi connectivity index (χ0) is 30.4. The maximum Gasteiger partial charge on any atom is 0.395 e. The molecule has 0 spiro atoms. The van der Waals surface area contributed by atoms with Gasteiger partial charge in [-0.1, -0.05) is 30.8 Å². The largest absolute Gasteiger partial charge is 0.395 e. The van der Waals surface area contributed by atoms with Gasteiger partial charge in [-0.15, -0.1) is 0 Å². The van der Waals surface area contributed by atoms with Crippen LogP contribution in [0.3, 0.4) is 0 Å². The highest BCUT2D eigenvalue weighted by Crippen LogP contribution is 2.59. The summed E-state index contributed by atoms with van der Waals surface area (Å²) in [4.78, 5) is 28.3. The first-order valence-electron chi connectivity index (χ1n) is 14.0. The van der Waals surface area contributed by atoms with Crippen LogP contribution in [0.1, 0.15) is 98.1 Å². The van der Waals surface area contributed by atoms with Gasteiger partial charge in [-0.05, 0) is 49.4 Å². The summed E-state index contributed by atoms with van der Waals surface area (Å²) >= 11 is 0. The van der Waals surface area contributed by atoms with Crippen molar-refractivity contribution in [3.63, 3.8) is 0 Å². The van der Waals surface area contributed by atoms with Crippen LogP contribution >= 0.6 is 0 Å². The van der Waals surface area contributed by atoms with Crippen LogP contribution < -0.4 is 10.6 Å². The molecule has 3 heterocycles. The van der Waals surface area contributed by atoms with Crippen molar-refractivity contribution in [1.29, 1.82) is 0 Å². The highest BCUT2D eigenvalue weighted by molar-refractivity contribution is 5.92. The molecule has 0 radical (unpaired) electrons. The molecule has 230 valence electrons. The minimum atomic E-state index is -4.37. The highest BCUT2D eigenvalue weighted by atomic mass is 19.4. The summed E-state index contributed by atoms with van der Waals surface area (Å²) in [6, 6.07) is 1.65. The number of nitrogens with zero attached hydrogens (tertiary/aromatic N) is 5. The van der Waals surface area contributed by atoms with Crippen LogP contribution in [0, 0.1) is 12.3 Å². The van der Waals surface area contributed by atoms with E-state index in [1.807, 2.05) is 0 Å². The van der Waals surface area contributed by atoms with E-state index >= 15 is 0 Å². The fourth-order valence-electron chi connectivity index (χ4n) is 4.19. The van der Waals surface area contributed by atoms with Gasteiger partial charge in [-0.2, -0.15) is 18.3 Å². The van der Waals surface area contributed by atoms with Crippen molar-refractivity contribution in [3.8, 4) is 0 Å². The number of amides is 2. The fourth-order valence-corrected chi connectivity index (χ4v) is 4.19. The van der Waals surface area contributed by atoms with E-state index in [0.29, 0.717) is 35.4 Å². The maximum absolute atomic E-state index is 13.0. The lowest BCUT2D eigenvalue weighted by atomic mass is 9.97. The van der Waals surface area contributed by atoms with Crippen LogP contribution in [-0.2, 0) is 17.9 Å². The van der Waals surface area contributed by atoms with E-state index in [0.717, 1.165) is 6.42 Å². The normalized spacial score (nSPS) is 18.1. The van der Waals surface area contributed by atoms with Gasteiger partial charge in [0.05, 0.1) is 30.0 Å². The van der Waals surface area contributed by atoms with E-state index in [2.05, 4.69) is 35.7 Å². The Balaban J connectivity index is 0.000000306. The lowest BCUT2D eigenvalue weighted by Crippen LogP contribution is -2.32. The molecule has 0 bridgehead atoms. The number of hydrogen-bond donors (Lipinski definition) is 2. The molecular formula is C27H34F5N7O3. The summed E-state index contributed by atoms with van der Waals surface area (Å²) in [6.07, 6.45) is 5.30. The van der Waals surface area contributed by atoms with Gasteiger partial charge in [-0.3, -0.25) is 9.59 Å². The number of carbonyl (C=O) groups is 2. The smallest absolute Gasteiger partial charge is 0.352 e. The summed E-state index contributed by atoms with van der Waals surface area (Å²) in [5.41, 5.74) is 0.147. The maximum atomic E-state index is 13.0. The third kappa shape index (κ3) is 8.92. The van der Waals surface area contributed by atoms with Crippen LogP contribution in [0.15, 0.2) is 23.1 Å². The highest BCUT2D eigenvalue weighted by Gasteiger charge is 2.63. The molecule has 0 aliphatic heterocycles. The third-order valence-corrected chi connectivity index (χ3v) is 7.11. The van der Waals surface area contributed by atoms with Crippen molar-refractivity contribution in [1.82, 2.24) is 35.5 Å². The topological polar surface area (TPSA) is 127 Å². The molecule has 3 aliphatic rings. The number of aromatic nitrogens is 5. The number of rotatable bonds is 7. The first-order chi connectivity index (χ1) is 19.9. The van der Waals surface area contributed by atoms with Gasteiger partial charge in [0.2, 0.25) is 11.8 Å². The lowest BCUT2D eigenvalue weighted by molar-refractivity contribution is -0.190. The lowest BCUT2D eigenvalue weighted by Gasteiger charge is -2.20. The minimum absolute atomic E-state index is 0.0163. The second-order valence-corrected chi connectivity index (χ2v) is 11.0. The van der Waals surface area contributed by atoms with Crippen LogP contribution in [0.5, 0.6) is 0 Å². The van der Waals surface area contributed by atoms with Gasteiger partial charge >= 0.3 is 6.18 Å². The number of carbonyl (C=O) groups excluding carboxylic acids is 2. The third-order valence-electron chi connectivity index (χ3n) is 7.11. The van der Waals surface area contributed by atoms with E-state index < -0.39 is 35.7 Å². The Morgan fingerprint density at radius 1 is 0.976 bits per heavy atom. The second kappa shape index (κ2) is 13.1. The Kier molecular flexibility index (Phi) is 9.77. The van der Waals surface area contributed by atoms with Crippen molar-refractivity contribution in [2.24, 2.45) is 5.41 Å². The van der Waals surface area contributed by atoms with Crippen molar-refractivity contribution < 1.29 is 36.2 Å². The zero-order valence-electron chi connectivity index (χ0n) is 23.3. The van der Waals surface area contributed by atoms with Gasteiger partial charge in [0.15, 0.2) is 11.3 Å². The molecule has 3 fully saturated rings. The Labute approximate surface area is 238 Å². The number of fused-ring (bicyclic) bond motifs is 1. The molecule has 3 aromatic heterocycles. The quantitative estimate of drug-likeness (QED) is 0.346. The van der Waals surface area contributed by atoms with Crippen molar-refractivity contribution >= 4 is 17.5 Å². The molecule has 3 aromatic rings. The number of aryl methyl sites for hydroxylation is 1. The van der Waals surface area contributed by atoms with Crippen molar-refractivity contribution in [2.75, 3.05) is 0 Å². The number of alkyl halides is 5. The number of nitrogens with one attached hydrogen (secondary N) is 2. The molecule has 15 heteroatoms. The van der Waals surface area contributed by atoms with Gasteiger partial charge in [0.25, 0.3) is 5.91 Å². The summed E-state index contributed by atoms with van der Waals surface area (Å²) in [6.45, 7) is 1.74. The molecule has 6 rings (SSSR count). The van der Waals surface area contributed by atoms with Gasteiger partial charge in [0.1, 0.15) is 5.69 Å². The van der Waals surface area contributed by atoms with Gasteiger partial charge in [0, 0.05) is 25.8 Å². The number of halogens is 5. The van der Waals surface area contributed by atoms with E-state index in [9.17, 15) is 31.5 Å². The molecule has 2 N–H and O–H groups in total. The summed E-state index contributed by atoms with van der Waals surface area (Å²) in [7, 11) is 0. The average Bonchev–Trinajstić information content (AvgIpc) is 3.86. The Hall–Kier alpha value is -3.65. The first-order valence-corrected chi connectivity index (χ1v) is 14.0. The first kappa shape index (κ1) is 31.3. The van der Waals surface area contributed by atoms with Crippen LogP contribution in [-0.4, -0.2) is 48.8 Å². The average molecular weight is 600 g/mol. The molecule has 42 heavy (non-hydrogen) atoms. The Morgan fingerprint density at radius 3 is 2.17 bits per heavy atom. The molecule has 0 aromatic carbocycles. The van der Waals surface area contributed by atoms with E-state index in [-0.39, 0.29) is 44.5 Å². The monoisotopic (exact) mass is 599 g/mol. The predicted molar refractivity (Wildman–Crippen MR) is 139 cm³/mol. The standard InChI is InChI=1S/C18H18F3N7O3.C6H10F2.C3H6/c1-10-15(27-31-26-10)16(30)23-8-12-9-28-13(25-12)4-11(7-24-28)6-22-14(29)5-17(2-3-17)18(19,20)21;7-6(8)4-2-1-3-5-6;1-2-3-1/h4,7,9H,2-3,5-6,8H2,1H3,(H,22,29)(H,23,30);1-5H2;1-3H2. The SMILES string of the molecule is C1CC1.Cc1nonc1C(=O)NCc1cn2ncc(CNC(=O)CC3(C(F)(F)F)CC3)cc2n1.FC1(F)CCCCC1. The molecule has 10 nitrogen and oxygen atoms in total.